The van der Waals surface area contributed by atoms with Crippen LogP contribution in [0.2, 0.25) is 5.02 Å². The Balaban J connectivity index is 1.66. The quantitative estimate of drug-likeness (QED) is 0.523. The Kier molecular flexibility index (Phi) is 7.07. The summed E-state index contributed by atoms with van der Waals surface area (Å²) >= 11 is 7.37. The van der Waals surface area contributed by atoms with Crippen molar-refractivity contribution in [1.82, 2.24) is 14.8 Å². The van der Waals surface area contributed by atoms with Gasteiger partial charge in [0.05, 0.1) is 32.1 Å². The van der Waals surface area contributed by atoms with Crippen LogP contribution < -0.4 is 19.5 Å². The zero-order valence-corrected chi connectivity index (χ0v) is 18.5. The van der Waals surface area contributed by atoms with Crippen LogP contribution in [-0.4, -0.2) is 47.8 Å². The number of benzene rings is 2. The minimum atomic E-state index is -0.183. The van der Waals surface area contributed by atoms with E-state index in [1.54, 1.807) is 32.4 Å². The number of ether oxygens (including phenoxy) is 3. The summed E-state index contributed by atoms with van der Waals surface area (Å²) in [5.74, 6) is 2.42. The van der Waals surface area contributed by atoms with Crippen LogP contribution in [0.5, 0.6) is 17.2 Å². The average molecular weight is 449 g/mol. The lowest BCUT2D eigenvalue weighted by Gasteiger charge is -2.10. The normalized spacial score (nSPS) is 10.6. The maximum Gasteiger partial charge on any atom is 0.234 e. The van der Waals surface area contributed by atoms with Crippen LogP contribution in [0.4, 0.5) is 5.69 Å². The molecule has 158 valence electrons. The Morgan fingerprint density at radius 2 is 1.73 bits per heavy atom. The molecule has 0 atom stereocenters. The highest BCUT2D eigenvalue weighted by Crippen LogP contribution is 2.32. The van der Waals surface area contributed by atoms with E-state index >= 15 is 0 Å². The summed E-state index contributed by atoms with van der Waals surface area (Å²) in [6.07, 6.45) is 0. The van der Waals surface area contributed by atoms with Crippen LogP contribution in [0.25, 0.3) is 11.4 Å². The van der Waals surface area contributed by atoms with Gasteiger partial charge in [0, 0.05) is 18.3 Å². The molecule has 1 aromatic heterocycles. The third kappa shape index (κ3) is 4.80. The van der Waals surface area contributed by atoms with Gasteiger partial charge in [0.1, 0.15) is 5.75 Å². The number of rotatable bonds is 8. The van der Waals surface area contributed by atoms with E-state index in [9.17, 15) is 4.79 Å². The van der Waals surface area contributed by atoms with Crippen LogP contribution in [0.1, 0.15) is 0 Å². The number of hydrogen-bond donors (Lipinski definition) is 1. The van der Waals surface area contributed by atoms with Gasteiger partial charge in [-0.05, 0) is 36.4 Å². The van der Waals surface area contributed by atoms with Gasteiger partial charge in [0.15, 0.2) is 22.5 Å². The first-order valence-corrected chi connectivity index (χ1v) is 10.2. The predicted octanol–water partition coefficient (Wildman–Crippen LogP) is 3.89. The van der Waals surface area contributed by atoms with E-state index in [1.807, 2.05) is 29.8 Å². The number of nitrogens with one attached hydrogen (secondary N) is 1. The highest BCUT2D eigenvalue weighted by Gasteiger charge is 2.15. The van der Waals surface area contributed by atoms with Crippen molar-refractivity contribution in [2.45, 2.75) is 5.16 Å². The number of carbonyl (C=O) groups is 1. The number of thioether (sulfide) groups is 1. The fraction of sp³-hybridized carbons (Fsp3) is 0.250. The number of nitrogens with zero attached hydrogens (tertiary/aromatic N) is 3. The van der Waals surface area contributed by atoms with Crippen molar-refractivity contribution in [2.24, 2.45) is 7.05 Å². The molecule has 0 fully saturated rings. The van der Waals surface area contributed by atoms with Gasteiger partial charge in [-0.3, -0.25) is 4.79 Å². The van der Waals surface area contributed by atoms with Crippen molar-refractivity contribution < 1.29 is 19.0 Å². The van der Waals surface area contributed by atoms with Crippen molar-refractivity contribution in [3.63, 3.8) is 0 Å². The minimum absolute atomic E-state index is 0.168. The maximum absolute atomic E-state index is 12.3. The van der Waals surface area contributed by atoms with Crippen molar-refractivity contribution in [3.8, 4) is 28.6 Å². The van der Waals surface area contributed by atoms with Gasteiger partial charge in [-0.1, -0.05) is 23.4 Å². The van der Waals surface area contributed by atoms with Gasteiger partial charge in [-0.2, -0.15) is 0 Å². The molecule has 3 rings (SSSR count). The van der Waals surface area contributed by atoms with Gasteiger partial charge in [-0.15, -0.1) is 10.2 Å². The van der Waals surface area contributed by atoms with Crippen molar-refractivity contribution in [2.75, 3.05) is 32.4 Å². The van der Waals surface area contributed by atoms with Crippen molar-refractivity contribution >= 4 is 35.0 Å². The largest absolute Gasteiger partial charge is 0.495 e. The van der Waals surface area contributed by atoms with E-state index in [-0.39, 0.29) is 11.7 Å². The van der Waals surface area contributed by atoms with Gasteiger partial charge in [0.2, 0.25) is 5.91 Å². The molecule has 10 heteroatoms. The number of carbonyl (C=O) groups excluding carboxylic acids is 1. The van der Waals surface area contributed by atoms with Crippen molar-refractivity contribution in [3.05, 3.63) is 41.4 Å². The monoisotopic (exact) mass is 448 g/mol. The number of aromatic nitrogens is 3. The molecule has 1 N–H and O–H groups in total. The highest BCUT2D eigenvalue weighted by molar-refractivity contribution is 7.99. The second kappa shape index (κ2) is 9.73. The Morgan fingerprint density at radius 3 is 2.40 bits per heavy atom. The summed E-state index contributed by atoms with van der Waals surface area (Å²) in [5, 5.41) is 12.3. The highest BCUT2D eigenvalue weighted by atomic mass is 35.5. The molecule has 30 heavy (non-hydrogen) atoms. The predicted molar refractivity (Wildman–Crippen MR) is 117 cm³/mol. The summed E-state index contributed by atoms with van der Waals surface area (Å²) < 4.78 is 17.5. The number of halogens is 1. The Labute approximate surface area is 183 Å². The molecule has 0 unspecified atom stereocenters. The Bertz CT molecular complexity index is 1060. The first-order valence-electron chi connectivity index (χ1n) is 8.84. The average Bonchev–Trinajstić information content (AvgIpc) is 3.12. The third-order valence-corrected chi connectivity index (χ3v) is 5.56. The fourth-order valence-electron chi connectivity index (χ4n) is 2.74. The smallest absolute Gasteiger partial charge is 0.234 e. The van der Waals surface area contributed by atoms with Crippen molar-refractivity contribution in [1.29, 1.82) is 0 Å². The molecule has 1 amide bonds. The zero-order chi connectivity index (χ0) is 21.7. The lowest BCUT2D eigenvalue weighted by molar-refractivity contribution is -0.113. The second-order valence-corrected chi connectivity index (χ2v) is 7.47. The lowest BCUT2D eigenvalue weighted by atomic mass is 10.2. The summed E-state index contributed by atoms with van der Waals surface area (Å²) in [5.41, 5.74) is 1.42. The van der Waals surface area contributed by atoms with E-state index in [0.29, 0.717) is 38.9 Å². The topological polar surface area (TPSA) is 87.5 Å². The molecule has 0 saturated heterocycles. The third-order valence-electron chi connectivity index (χ3n) is 4.24. The minimum Gasteiger partial charge on any atom is -0.495 e. The molecule has 1 heterocycles. The number of amides is 1. The van der Waals surface area contributed by atoms with E-state index in [1.165, 1.54) is 18.9 Å². The molecule has 0 aliphatic rings. The molecule has 2 aromatic carbocycles. The van der Waals surface area contributed by atoms with E-state index in [2.05, 4.69) is 15.5 Å². The van der Waals surface area contributed by atoms with Crippen LogP contribution >= 0.6 is 23.4 Å². The maximum atomic E-state index is 12.3. The van der Waals surface area contributed by atoms with Crippen LogP contribution in [-0.2, 0) is 11.8 Å². The van der Waals surface area contributed by atoms with E-state index < -0.39 is 0 Å². The van der Waals surface area contributed by atoms with E-state index in [0.717, 1.165) is 5.56 Å². The summed E-state index contributed by atoms with van der Waals surface area (Å²) in [6, 6.07) is 10.6. The van der Waals surface area contributed by atoms with Gasteiger partial charge in [0.25, 0.3) is 0 Å². The first kappa shape index (κ1) is 21.8. The van der Waals surface area contributed by atoms with Gasteiger partial charge >= 0.3 is 0 Å². The second-order valence-electron chi connectivity index (χ2n) is 6.12. The molecule has 0 aliphatic carbocycles. The zero-order valence-electron chi connectivity index (χ0n) is 16.9. The summed E-state index contributed by atoms with van der Waals surface area (Å²) in [7, 11) is 6.54. The molecular formula is C20H21ClN4O4S. The lowest BCUT2D eigenvalue weighted by Crippen LogP contribution is -2.14. The number of methoxy groups -OCH3 is 3. The van der Waals surface area contributed by atoms with Gasteiger partial charge in [-0.25, -0.2) is 0 Å². The fourth-order valence-corrected chi connectivity index (χ4v) is 3.71. The Morgan fingerprint density at radius 1 is 1.03 bits per heavy atom. The van der Waals surface area contributed by atoms with Crippen LogP contribution in [0, 0.1) is 0 Å². The molecule has 0 bridgehead atoms. The summed E-state index contributed by atoms with van der Waals surface area (Å²) in [4.78, 5) is 12.3. The molecule has 3 aromatic rings. The van der Waals surface area contributed by atoms with Crippen LogP contribution in [0.3, 0.4) is 0 Å². The number of anilines is 1. The molecule has 8 nitrogen and oxygen atoms in total. The molecule has 0 aliphatic heterocycles. The standard InChI is InChI=1S/C20H21ClN4O4S/c1-25-19(12-5-7-16(28-3)17(9-12)29-4)23-24-20(25)30-11-18(26)22-13-6-8-15(27-2)14(21)10-13/h5-10H,11H2,1-4H3,(H,22,26). The van der Waals surface area contributed by atoms with Crippen LogP contribution in [0.15, 0.2) is 41.6 Å². The molecular weight excluding hydrogens is 428 g/mol. The molecule has 0 spiro atoms. The SMILES string of the molecule is COc1ccc(NC(=O)CSc2nnc(-c3ccc(OC)c(OC)c3)n2C)cc1Cl. The molecule has 0 saturated carbocycles. The molecule has 0 radical (unpaired) electrons. The first-order chi connectivity index (χ1) is 14.5. The van der Waals surface area contributed by atoms with Gasteiger partial charge < -0.3 is 24.1 Å². The Hall–Kier alpha value is -2.91. The van der Waals surface area contributed by atoms with E-state index in [4.69, 9.17) is 25.8 Å². The summed E-state index contributed by atoms with van der Waals surface area (Å²) in [6.45, 7) is 0. The number of hydrogen-bond acceptors (Lipinski definition) is 7.